The highest BCUT2D eigenvalue weighted by molar-refractivity contribution is 6.62. The second-order valence-corrected chi connectivity index (χ2v) is 9.58. The van der Waals surface area contributed by atoms with Crippen LogP contribution in [0, 0.1) is 11.2 Å². The molecule has 0 saturated carbocycles. The number of hydrogen-bond acceptors (Lipinski definition) is 4. The minimum atomic E-state index is -0.730. The summed E-state index contributed by atoms with van der Waals surface area (Å²) in [6, 6.07) is 6.34. The van der Waals surface area contributed by atoms with Crippen LogP contribution in [0.4, 0.5) is 4.39 Å². The van der Waals surface area contributed by atoms with E-state index < -0.39 is 35.5 Å². The molecular weight excluding hydrogens is 381 g/mol. The first-order chi connectivity index (χ1) is 12.7. The fourth-order valence-corrected chi connectivity index (χ4v) is 3.09. The van der Waals surface area contributed by atoms with Crippen molar-refractivity contribution in [3.8, 4) is 5.75 Å². The fourth-order valence-electron chi connectivity index (χ4n) is 2.83. The minimum absolute atomic E-state index is 0.0883. The Morgan fingerprint density at radius 3 is 2.21 bits per heavy atom. The Hall–Kier alpha value is -1.63. The van der Waals surface area contributed by atoms with Crippen LogP contribution in [0.3, 0.4) is 0 Å². The Morgan fingerprint density at radius 2 is 1.68 bits per heavy atom. The smallest absolute Gasteiger partial charge is 0.425 e. The zero-order valence-electron chi connectivity index (χ0n) is 17.3. The van der Waals surface area contributed by atoms with Crippen molar-refractivity contribution in [1.82, 2.24) is 0 Å². The molecule has 1 saturated heterocycles. The normalized spacial score (nSPS) is 18.5. The molecule has 0 spiro atoms. The molecule has 0 unspecified atom stereocenters. The van der Waals surface area contributed by atoms with Gasteiger partial charge in [0.2, 0.25) is 0 Å². The topological polar surface area (TPSA) is 44.8 Å². The van der Waals surface area contributed by atoms with E-state index in [1.807, 2.05) is 33.8 Å². The molecule has 7 heteroatoms. The molecule has 1 aliphatic rings. The number of halogens is 2. The van der Waals surface area contributed by atoms with Crippen molar-refractivity contribution in [1.29, 1.82) is 0 Å². The average Bonchev–Trinajstić information content (AvgIpc) is 2.77. The summed E-state index contributed by atoms with van der Waals surface area (Å²) < 4.78 is 31.9. The number of hydrogen-bond donors (Lipinski definition) is 0. The van der Waals surface area contributed by atoms with Crippen LogP contribution < -0.4 is 10.2 Å². The molecular formula is C21H25BClFO4. The van der Waals surface area contributed by atoms with Gasteiger partial charge in [0, 0.05) is 5.39 Å². The summed E-state index contributed by atoms with van der Waals surface area (Å²) in [6.45, 7) is 13.1. The van der Waals surface area contributed by atoms with E-state index in [1.54, 1.807) is 32.9 Å². The second-order valence-electron chi connectivity index (χ2n) is 9.21. The van der Waals surface area contributed by atoms with Crippen LogP contribution in [-0.2, 0) is 14.1 Å². The van der Waals surface area contributed by atoms with Gasteiger partial charge in [0.25, 0.3) is 0 Å². The van der Waals surface area contributed by atoms with Crippen LogP contribution in [0.5, 0.6) is 5.75 Å². The van der Waals surface area contributed by atoms with Crippen molar-refractivity contribution in [2.24, 2.45) is 5.41 Å². The zero-order chi connectivity index (χ0) is 21.1. The molecule has 0 atom stereocenters. The third-order valence-corrected chi connectivity index (χ3v) is 5.70. The highest BCUT2D eigenvalue weighted by Gasteiger charge is 2.52. The van der Waals surface area contributed by atoms with Crippen LogP contribution in [0.15, 0.2) is 24.3 Å². The van der Waals surface area contributed by atoms with Gasteiger partial charge >= 0.3 is 13.1 Å². The van der Waals surface area contributed by atoms with E-state index >= 15 is 0 Å². The summed E-state index contributed by atoms with van der Waals surface area (Å²) in [5.74, 6) is -0.836. The summed E-state index contributed by atoms with van der Waals surface area (Å²) in [7, 11) is -0.648. The summed E-state index contributed by atoms with van der Waals surface area (Å²) in [6.07, 6.45) is 0. The lowest BCUT2D eigenvalue weighted by Crippen LogP contribution is -2.41. The lowest BCUT2D eigenvalue weighted by molar-refractivity contribution is -0.142. The molecule has 2 aromatic rings. The van der Waals surface area contributed by atoms with Crippen molar-refractivity contribution in [2.75, 3.05) is 0 Å². The van der Waals surface area contributed by atoms with Crippen LogP contribution >= 0.6 is 11.6 Å². The van der Waals surface area contributed by atoms with Crippen molar-refractivity contribution in [3.05, 3.63) is 35.1 Å². The third kappa shape index (κ3) is 3.65. The quantitative estimate of drug-likeness (QED) is 0.405. The predicted molar refractivity (Wildman–Crippen MR) is 110 cm³/mol. The van der Waals surface area contributed by atoms with Crippen LogP contribution in [0.1, 0.15) is 48.5 Å². The number of benzene rings is 2. The number of fused-ring (bicyclic) bond motifs is 1. The van der Waals surface area contributed by atoms with Gasteiger partial charge in [0.05, 0.1) is 21.6 Å². The summed E-state index contributed by atoms with van der Waals surface area (Å²) in [5.41, 5.74) is -1.09. The number of rotatable bonds is 2. The molecule has 0 N–H and O–H groups in total. The van der Waals surface area contributed by atoms with Gasteiger partial charge < -0.3 is 14.0 Å². The molecule has 0 bridgehead atoms. The van der Waals surface area contributed by atoms with Crippen LogP contribution in [-0.4, -0.2) is 24.3 Å². The van der Waals surface area contributed by atoms with E-state index in [4.69, 9.17) is 25.6 Å². The molecule has 0 radical (unpaired) electrons. The largest absolute Gasteiger partial charge is 0.494 e. The predicted octanol–water partition coefficient (Wildman–Crippen LogP) is 4.88. The molecule has 4 nitrogen and oxygen atoms in total. The Balaban J connectivity index is 2.14. The Labute approximate surface area is 170 Å². The molecule has 0 aliphatic carbocycles. The number of esters is 1. The van der Waals surface area contributed by atoms with E-state index in [9.17, 15) is 9.18 Å². The second kappa shape index (κ2) is 6.72. The first-order valence-corrected chi connectivity index (χ1v) is 9.60. The van der Waals surface area contributed by atoms with Crippen molar-refractivity contribution in [3.63, 3.8) is 0 Å². The number of ether oxygens (including phenoxy) is 1. The van der Waals surface area contributed by atoms with Crippen LogP contribution in [0.25, 0.3) is 10.8 Å². The highest BCUT2D eigenvalue weighted by Crippen LogP contribution is 2.39. The van der Waals surface area contributed by atoms with E-state index in [-0.39, 0.29) is 10.8 Å². The van der Waals surface area contributed by atoms with Gasteiger partial charge in [0.1, 0.15) is 11.6 Å². The zero-order valence-corrected chi connectivity index (χ0v) is 18.0. The Morgan fingerprint density at radius 1 is 1.11 bits per heavy atom. The Bertz CT molecular complexity index is 934. The monoisotopic (exact) mass is 406 g/mol. The molecule has 1 aliphatic heterocycles. The van der Waals surface area contributed by atoms with E-state index in [0.29, 0.717) is 16.2 Å². The maximum Gasteiger partial charge on any atom is 0.494 e. The van der Waals surface area contributed by atoms with Gasteiger partial charge in [0.15, 0.2) is 0 Å². The summed E-state index contributed by atoms with van der Waals surface area (Å²) >= 11 is 6.20. The highest BCUT2D eigenvalue weighted by atomic mass is 35.5. The lowest BCUT2D eigenvalue weighted by atomic mass is 9.78. The van der Waals surface area contributed by atoms with E-state index in [0.717, 1.165) is 0 Å². The van der Waals surface area contributed by atoms with E-state index in [1.165, 1.54) is 6.07 Å². The molecule has 2 aromatic carbocycles. The van der Waals surface area contributed by atoms with Crippen molar-refractivity contribution in [2.45, 2.75) is 59.7 Å². The molecule has 28 heavy (non-hydrogen) atoms. The SMILES string of the molecule is CC(C)(C)C(=O)Oc1cc(B2OC(C)(C)C(C)(C)O2)cc2ccc(F)c(Cl)c12. The van der Waals surface area contributed by atoms with Crippen molar-refractivity contribution >= 4 is 40.9 Å². The Kier molecular flexibility index (Phi) is 5.06. The molecule has 0 aromatic heterocycles. The first-order valence-electron chi connectivity index (χ1n) is 9.22. The molecule has 3 rings (SSSR count). The van der Waals surface area contributed by atoms with Gasteiger partial charge in [-0.2, -0.15) is 0 Å². The summed E-state index contributed by atoms with van der Waals surface area (Å²) in [5, 5.41) is 0.893. The maximum absolute atomic E-state index is 14.1. The minimum Gasteiger partial charge on any atom is -0.425 e. The average molecular weight is 407 g/mol. The summed E-state index contributed by atoms with van der Waals surface area (Å²) in [4.78, 5) is 12.5. The van der Waals surface area contributed by atoms with Gasteiger partial charge in [-0.25, -0.2) is 4.39 Å². The number of carbonyl (C=O) groups is 1. The third-order valence-electron chi connectivity index (χ3n) is 5.33. The van der Waals surface area contributed by atoms with Crippen LogP contribution in [0.2, 0.25) is 5.02 Å². The standard InChI is InChI=1S/C21H25BClFO4/c1-19(2,3)18(25)26-15-11-13(22-27-20(4,5)21(6,7)28-22)10-12-8-9-14(24)17(23)16(12)15/h8-11H,1-7H3. The van der Waals surface area contributed by atoms with E-state index in [2.05, 4.69) is 0 Å². The molecule has 1 fully saturated rings. The lowest BCUT2D eigenvalue weighted by Gasteiger charge is -2.32. The molecule has 1 heterocycles. The van der Waals surface area contributed by atoms with Crippen molar-refractivity contribution < 1.29 is 23.2 Å². The van der Waals surface area contributed by atoms with Gasteiger partial charge in [-0.05, 0) is 71.4 Å². The fraction of sp³-hybridized carbons (Fsp3) is 0.476. The van der Waals surface area contributed by atoms with Gasteiger partial charge in [-0.1, -0.05) is 23.7 Å². The molecule has 0 amide bonds. The maximum atomic E-state index is 14.1. The van der Waals surface area contributed by atoms with Gasteiger partial charge in [-0.3, -0.25) is 4.79 Å². The van der Waals surface area contributed by atoms with Gasteiger partial charge in [-0.15, -0.1) is 0 Å². The number of carbonyl (C=O) groups excluding carboxylic acids is 1. The first kappa shape index (κ1) is 21.1. The molecule has 150 valence electrons.